The molecule has 0 atom stereocenters. The van der Waals surface area contributed by atoms with Gasteiger partial charge in [-0.2, -0.15) is 0 Å². The van der Waals surface area contributed by atoms with Gasteiger partial charge in [0, 0.05) is 13.6 Å². The number of primary amides is 1. The lowest BCUT2D eigenvalue weighted by Gasteiger charge is -2.11. The Kier molecular flexibility index (Phi) is 4.28. The number of hydrogen-bond donors (Lipinski definition) is 1. The average molecular weight is 143 g/mol. The summed E-state index contributed by atoms with van der Waals surface area (Å²) in [7, 11) is 1.60. The first-order chi connectivity index (χ1) is 4.72. The van der Waals surface area contributed by atoms with Gasteiger partial charge >= 0.3 is 6.03 Å². The quantitative estimate of drug-likeness (QED) is 0.452. The zero-order valence-corrected chi connectivity index (χ0v) is 6.37. The van der Waals surface area contributed by atoms with Crippen molar-refractivity contribution in [2.24, 2.45) is 10.7 Å². The Labute approximate surface area is 60.7 Å². The van der Waals surface area contributed by atoms with Crippen LogP contribution in [0.15, 0.2) is 4.99 Å². The van der Waals surface area contributed by atoms with E-state index >= 15 is 0 Å². The molecule has 58 valence electrons. The Morgan fingerprint density at radius 2 is 2.40 bits per heavy atom. The standard InChI is InChI=1S/C6H13N3O/c1-3-4-9(5-8-2)6(7)10/h5H,3-4H2,1-2H3,(H2,7,10)/b8-5-. The van der Waals surface area contributed by atoms with E-state index < -0.39 is 6.03 Å². The maximum absolute atomic E-state index is 10.5. The molecule has 2 N–H and O–H groups in total. The molecule has 0 aliphatic heterocycles. The number of aliphatic imine (C=N–C) groups is 1. The fraction of sp³-hybridized carbons (Fsp3) is 0.667. The van der Waals surface area contributed by atoms with Gasteiger partial charge in [0.2, 0.25) is 0 Å². The second-order valence-electron chi connectivity index (χ2n) is 1.91. The molecule has 0 fully saturated rings. The molecular formula is C6H13N3O. The fourth-order valence-corrected chi connectivity index (χ4v) is 0.605. The molecule has 0 saturated carbocycles. The third-order valence-electron chi connectivity index (χ3n) is 1.00. The zero-order valence-electron chi connectivity index (χ0n) is 6.37. The summed E-state index contributed by atoms with van der Waals surface area (Å²) in [6.07, 6.45) is 2.32. The molecule has 4 nitrogen and oxygen atoms in total. The van der Waals surface area contributed by atoms with E-state index in [0.717, 1.165) is 6.42 Å². The van der Waals surface area contributed by atoms with Gasteiger partial charge in [0.15, 0.2) is 0 Å². The number of hydrogen-bond acceptors (Lipinski definition) is 2. The van der Waals surface area contributed by atoms with Crippen LogP contribution < -0.4 is 5.73 Å². The van der Waals surface area contributed by atoms with E-state index in [1.807, 2.05) is 6.92 Å². The normalized spacial score (nSPS) is 10.2. The lowest BCUT2D eigenvalue weighted by molar-refractivity contribution is 0.231. The fourth-order valence-electron chi connectivity index (χ4n) is 0.605. The van der Waals surface area contributed by atoms with Gasteiger partial charge in [-0.05, 0) is 6.42 Å². The van der Waals surface area contributed by atoms with Crippen molar-refractivity contribution in [1.29, 1.82) is 0 Å². The molecule has 0 aromatic rings. The highest BCUT2D eigenvalue weighted by molar-refractivity contribution is 5.84. The van der Waals surface area contributed by atoms with Crippen molar-refractivity contribution in [3.8, 4) is 0 Å². The van der Waals surface area contributed by atoms with Crippen LogP contribution in [0.2, 0.25) is 0 Å². The maximum atomic E-state index is 10.5. The van der Waals surface area contributed by atoms with E-state index in [1.54, 1.807) is 7.05 Å². The van der Waals surface area contributed by atoms with Crippen LogP contribution in [0.4, 0.5) is 4.79 Å². The predicted molar refractivity (Wildman–Crippen MR) is 41.0 cm³/mol. The summed E-state index contributed by atoms with van der Waals surface area (Å²) >= 11 is 0. The number of amides is 2. The second kappa shape index (κ2) is 4.78. The summed E-state index contributed by atoms with van der Waals surface area (Å²) < 4.78 is 0. The zero-order chi connectivity index (χ0) is 7.98. The summed E-state index contributed by atoms with van der Waals surface area (Å²) in [5.41, 5.74) is 5.00. The van der Waals surface area contributed by atoms with Crippen LogP contribution in [0.3, 0.4) is 0 Å². The summed E-state index contributed by atoms with van der Waals surface area (Å²) in [6.45, 7) is 2.60. The minimum absolute atomic E-state index is 0.451. The highest BCUT2D eigenvalue weighted by atomic mass is 16.2. The monoisotopic (exact) mass is 143 g/mol. The van der Waals surface area contributed by atoms with Crippen LogP contribution in [0.1, 0.15) is 13.3 Å². The molecule has 0 aromatic heterocycles. The second-order valence-corrected chi connectivity index (χ2v) is 1.91. The van der Waals surface area contributed by atoms with Crippen molar-refractivity contribution in [3.63, 3.8) is 0 Å². The van der Waals surface area contributed by atoms with Crippen LogP contribution in [0.25, 0.3) is 0 Å². The molecule has 10 heavy (non-hydrogen) atoms. The number of nitrogens with two attached hydrogens (primary N) is 1. The molecule has 4 heteroatoms. The average Bonchev–Trinajstić information content (AvgIpc) is 1.87. The molecule has 0 bridgehead atoms. The Hall–Kier alpha value is -1.06. The summed E-state index contributed by atoms with van der Waals surface area (Å²) in [5, 5.41) is 0. The van der Waals surface area contributed by atoms with Gasteiger partial charge in [0.25, 0.3) is 0 Å². The first kappa shape index (κ1) is 8.94. The Morgan fingerprint density at radius 1 is 1.80 bits per heavy atom. The van der Waals surface area contributed by atoms with Gasteiger partial charge < -0.3 is 5.73 Å². The number of nitrogens with zero attached hydrogens (tertiary/aromatic N) is 2. The Morgan fingerprint density at radius 3 is 2.70 bits per heavy atom. The molecule has 0 radical (unpaired) electrons. The molecule has 0 saturated heterocycles. The topological polar surface area (TPSA) is 58.7 Å². The SMILES string of the molecule is CCCN(/C=N\C)C(N)=O. The molecule has 0 spiro atoms. The predicted octanol–water partition coefficient (Wildman–Crippen LogP) is 0.435. The van der Waals surface area contributed by atoms with Crippen molar-refractivity contribution >= 4 is 12.4 Å². The third-order valence-corrected chi connectivity index (χ3v) is 1.00. The number of rotatable bonds is 3. The van der Waals surface area contributed by atoms with E-state index in [9.17, 15) is 4.79 Å². The summed E-state index contributed by atoms with van der Waals surface area (Å²) in [5.74, 6) is 0. The first-order valence-corrected chi connectivity index (χ1v) is 3.20. The summed E-state index contributed by atoms with van der Waals surface area (Å²) in [4.78, 5) is 15.6. The van der Waals surface area contributed by atoms with Crippen molar-refractivity contribution in [2.45, 2.75) is 13.3 Å². The van der Waals surface area contributed by atoms with E-state index in [2.05, 4.69) is 4.99 Å². The Balaban J connectivity index is 3.85. The maximum Gasteiger partial charge on any atom is 0.319 e. The minimum Gasteiger partial charge on any atom is -0.351 e. The van der Waals surface area contributed by atoms with Crippen LogP contribution in [-0.4, -0.2) is 30.9 Å². The van der Waals surface area contributed by atoms with Crippen LogP contribution in [0, 0.1) is 0 Å². The van der Waals surface area contributed by atoms with Gasteiger partial charge in [0.05, 0.1) is 6.34 Å². The van der Waals surface area contributed by atoms with Crippen molar-refractivity contribution in [1.82, 2.24) is 4.90 Å². The molecule has 0 aliphatic rings. The lowest BCUT2D eigenvalue weighted by atomic mass is 10.4. The molecule has 2 amide bonds. The molecule has 0 rings (SSSR count). The van der Waals surface area contributed by atoms with E-state index in [1.165, 1.54) is 11.2 Å². The van der Waals surface area contributed by atoms with Crippen molar-refractivity contribution in [2.75, 3.05) is 13.6 Å². The number of carbonyl (C=O) groups is 1. The minimum atomic E-state index is -0.451. The van der Waals surface area contributed by atoms with Crippen molar-refractivity contribution < 1.29 is 4.79 Å². The van der Waals surface area contributed by atoms with Crippen LogP contribution >= 0.6 is 0 Å². The molecule has 0 unspecified atom stereocenters. The lowest BCUT2D eigenvalue weighted by Crippen LogP contribution is -2.35. The highest BCUT2D eigenvalue weighted by Crippen LogP contribution is 1.85. The molecule has 0 heterocycles. The Bertz CT molecular complexity index is 133. The van der Waals surface area contributed by atoms with Crippen LogP contribution in [-0.2, 0) is 0 Å². The van der Waals surface area contributed by atoms with Gasteiger partial charge in [-0.15, -0.1) is 0 Å². The van der Waals surface area contributed by atoms with E-state index in [4.69, 9.17) is 5.73 Å². The number of urea groups is 1. The molecular weight excluding hydrogens is 130 g/mol. The molecule has 0 aliphatic carbocycles. The van der Waals surface area contributed by atoms with Gasteiger partial charge in [-0.1, -0.05) is 6.92 Å². The number of carbonyl (C=O) groups excluding carboxylic acids is 1. The summed E-state index contributed by atoms with van der Waals surface area (Å²) in [6, 6.07) is -0.451. The van der Waals surface area contributed by atoms with Gasteiger partial charge in [-0.3, -0.25) is 9.89 Å². The van der Waals surface area contributed by atoms with Crippen LogP contribution in [0.5, 0.6) is 0 Å². The van der Waals surface area contributed by atoms with Crippen molar-refractivity contribution in [3.05, 3.63) is 0 Å². The van der Waals surface area contributed by atoms with E-state index in [0.29, 0.717) is 6.54 Å². The van der Waals surface area contributed by atoms with Gasteiger partial charge in [0.1, 0.15) is 0 Å². The smallest absolute Gasteiger partial charge is 0.319 e. The third kappa shape index (κ3) is 3.06. The van der Waals surface area contributed by atoms with Gasteiger partial charge in [-0.25, -0.2) is 4.79 Å². The van der Waals surface area contributed by atoms with E-state index in [-0.39, 0.29) is 0 Å². The molecule has 0 aromatic carbocycles. The highest BCUT2D eigenvalue weighted by Gasteiger charge is 2.02. The first-order valence-electron chi connectivity index (χ1n) is 3.20. The largest absolute Gasteiger partial charge is 0.351 e.